The van der Waals surface area contributed by atoms with Crippen LogP contribution in [-0.2, 0) is 5.92 Å². The van der Waals surface area contributed by atoms with E-state index < -0.39 is 46.8 Å². The number of alkyl halides is 2. The van der Waals surface area contributed by atoms with E-state index in [9.17, 15) is 18.3 Å². The summed E-state index contributed by atoms with van der Waals surface area (Å²) >= 11 is 0. The molecule has 1 heterocycles. The molecule has 0 radical (unpaired) electrons. The third kappa shape index (κ3) is 6.53. The Morgan fingerprint density at radius 2 is 1.89 bits per heavy atom. The van der Waals surface area contributed by atoms with E-state index in [-0.39, 0.29) is 11.1 Å². The first-order valence-electron chi connectivity index (χ1n) is 9.89. The van der Waals surface area contributed by atoms with Crippen molar-refractivity contribution >= 4 is 6.34 Å². The molecule has 0 fully saturated rings. The summed E-state index contributed by atoms with van der Waals surface area (Å²) in [7, 11) is 0. The second kappa shape index (κ2) is 11.4. The van der Waals surface area contributed by atoms with Crippen molar-refractivity contribution in [3.05, 3.63) is 101 Å². The summed E-state index contributed by atoms with van der Waals surface area (Å²) in [6, 6.07) is 7.75. The molecule has 0 amide bonds. The summed E-state index contributed by atoms with van der Waals surface area (Å²) in [6.45, 7) is 2.63. The van der Waals surface area contributed by atoms with Crippen molar-refractivity contribution in [3.63, 3.8) is 0 Å². The smallest absolute Gasteiger partial charge is 0.323 e. The van der Waals surface area contributed by atoms with Crippen LogP contribution in [0.15, 0.2) is 83.7 Å². The van der Waals surface area contributed by atoms with Crippen LogP contribution in [0.2, 0.25) is 0 Å². The molecule has 1 unspecified atom stereocenters. The van der Waals surface area contributed by atoms with Crippen molar-refractivity contribution in [2.45, 2.75) is 18.4 Å². The molecule has 35 heavy (non-hydrogen) atoms. The van der Waals surface area contributed by atoms with Crippen LogP contribution < -0.4 is 11.7 Å². The maximum absolute atomic E-state index is 15.7. The molecule has 0 bridgehead atoms. The third-order valence-corrected chi connectivity index (χ3v) is 4.69. The monoisotopic (exact) mass is 491 g/mol. The Kier molecular flexibility index (Phi) is 8.88. The van der Waals surface area contributed by atoms with Crippen molar-refractivity contribution in [1.29, 1.82) is 0 Å². The van der Waals surface area contributed by atoms with Gasteiger partial charge in [0.15, 0.2) is 5.60 Å². The molecule has 2 rings (SSSR count). The summed E-state index contributed by atoms with van der Waals surface area (Å²) in [5.74, 6) is 8.53. The number of aliphatic hydroxyl groups is 1. The Bertz CT molecular complexity index is 1210. The number of pyridine rings is 1. The van der Waals surface area contributed by atoms with Crippen LogP contribution in [0.25, 0.3) is 0 Å². The second-order valence-corrected chi connectivity index (χ2v) is 7.26. The maximum atomic E-state index is 15.7. The largest absolute Gasteiger partial charge is 0.377 e. The molecule has 1 atom stereocenters. The van der Waals surface area contributed by atoms with Gasteiger partial charge in [0.05, 0.1) is 12.1 Å². The molecule has 0 aliphatic heterocycles. The Labute approximate surface area is 198 Å². The highest BCUT2D eigenvalue weighted by Crippen LogP contribution is 2.44. The molecule has 184 valence electrons. The van der Waals surface area contributed by atoms with Crippen molar-refractivity contribution in [2.24, 2.45) is 16.8 Å². The Balaban J connectivity index is 2.54. The van der Waals surface area contributed by atoms with Gasteiger partial charge < -0.3 is 10.9 Å². The minimum absolute atomic E-state index is 0.0929. The molecule has 1 aromatic carbocycles. The zero-order valence-corrected chi connectivity index (χ0v) is 18.5. The summed E-state index contributed by atoms with van der Waals surface area (Å²) in [5, 5.41) is 14.7. The minimum Gasteiger partial charge on any atom is -0.377 e. The molecule has 5 N–H and O–H groups in total. The molecule has 0 spiro atoms. The highest BCUT2D eigenvalue weighted by molar-refractivity contribution is 5.54. The quantitative estimate of drug-likeness (QED) is 0.0992. The van der Waals surface area contributed by atoms with Crippen molar-refractivity contribution < 1.29 is 27.1 Å². The van der Waals surface area contributed by atoms with Gasteiger partial charge in [-0.1, -0.05) is 36.6 Å². The number of aromatic nitrogens is 1. The Hall–Kier alpha value is -4.01. The fourth-order valence-electron chi connectivity index (χ4n) is 3.02. The lowest BCUT2D eigenvalue weighted by Crippen LogP contribution is -2.57. The SMILES string of the molecule is C=C(F)/C=C\C(=C(/C)F)C(O)(CN(N)/C=N\N)C(F)(F)c1ccc(C#Cc2ccccc2F)cn1. The third-order valence-electron chi connectivity index (χ3n) is 4.69. The molecule has 6 nitrogen and oxygen atoms in total. The summed E-state index contributed by atoms with van der Waals surface area (Å²) < 4.78 is 72.6. The molecule has 0 aliphatic rings. The first-order chi connectivity index (χ1) is 16.4. The van der Waals surface area contributed by atoms with Gasteiger partial charge in [0, 0.05) is 17.3 Å². The van der Waals surface area contributed by atoms with Crippen LogP contribution >= 0.6 is 0 Å². The normalized spacial score (nSPS) is 14.3. The lowest BCUT2D eigenvalue weighted by Gasteiger charge is -2.38. The highest BCUT2D eigenvalue weighted by Gasteiger charge is 2.58. The van der Waals surface area contributed by atoms with Crippen LogP contribution in [0.1, 0.15) is 23.7 Å². The maximum Gasteiger partial charge on any atom is 0.323 e. The van der Waals surface area contributed by atoms with Crippen LogP contribution in [0.5, 0.6) is 0 Å². The van der Waals surface area contributed by atoms with E-state index >= 15 is 8.78 Å². The lowest BCUT2D eigenvalue weighted by molar-refractivity contribution is -0.174. The molecule has 11 heteroatoms. The van der Waals surface area contributed by atoms with Crippen molar-refractivity contribution in [2.75, 3.05) is 6.54 Å². The number of hydrazone groups is 1. The average Bonchev–Trinajstić information content (AvgIpc) is 2.78. The second-order valence-electron chi connectivity index (χ2n) is 7.26. The zero-order valence-electron chi connectivity index (χ0n) is 18.5. The molecule has 0 aliphatic carbocycles. The van der Waals surface area contributed by atoms with E-state index in [0.29, 0.717) is 17.2 Å². The number of hydrazine groups is 1. The highest BCUT2D eigenvalue weighted by atomic mass is 19.3. The number of hydrogen-bond acceptors (Lipinski definition) is 5. The Morgan fingerprint density at radius 1 is 1.20 bits per heavy atom. The van der Waals surface area contributed by atoms with Gasteiger partial charge >= 0.3 is 5.92 Å². The minimum atomic E-state index is -4.27. The topological polar surface area (TPSA) is 101 Å². The van der Waals surface area contributed by atoms with Gasteiger partial charge in [-0.25, -0.2) is 19.0 Å². The fourth-order valence-corrected chi connectivity index (χ4v) is 3.02. The predicted molar refractivity (Wildman–Crippen MR) is 122 cm³/mol. The van der Waals surface area contributed by atoms with Gasteiger partial charge in [-0.2, -0.15) is 13.9 Å². The van der Waals surface area contributed by atoms with E-state index in [0.717, 1.165) is 31.6 Å². The molecule has 1 aromatic heterocycles. The van der Waals surface area contributed by atoms with Crippen molar-refractivity contribution in [3.8, 4) is 11.8 Å². The number of allylic oxidation sites excluding steroid dienone is 3. The number of nitrogens with two attached hydrogens (primary N) is 2. The summed E-state index contributed by atoms with van der Waals surface area (Å²) in [4.78, 5) is 3.66. The fraction of sp³-hybridized carbons (Fsp3) is 0.167. The molecular formula is C24H22F5N5O. The van der Waals surface area contributed by atoms with Gasteiger partial charge in [0.1, 0.15) is 29.5 Å². The van der Waals surface area contributed by atoms with E-state index in [1.165, 1.54) is 18.2 Å². The molecule has 0 saturated carbocycles. The number of rotatable bonds is 8. The molecular weight excluding hydrogens is 469 g/mol. The van der Waals surface area contributed by atoms with Crippen LogP contribution in [0, 0.1) is 17.7 Å². The first-order valence-corrected chi connectivity index (χ1v) is 9.89. The van der Waals surface area contributed by atoms with Gasteiger partial charge in [0.2, 0.25) is 0 Å². The number of halogens is 5. The van der Waals surface area contributed by atoms with Crippen LogP contribution in [-0.4, -0.2) is 33.6 Å². The standard InChI is InChI=1S/C24H22F5N5O/c1-16(25)7-11-20(17(2)26)23(35,14-34(31)15-33-30)24(28,29)22-12-9-18(13-32-22)8-10-19-5-3-4-6-21(19)27/h3-7,9,11-13,15,35H,1,14,30-31H2,2H3/b11-7-,20-17-,33-15-. The van der Waals surface area contributed by atoms with Crippen LogP contribution in [0.4, 0.5) is 22.0 Å². The predicted octanol–water partition coefficient (Wildman–Crippen LogP) is 3.80. The first kappa shape index (κ1) is 27.2. The van der Waals surface area contributed by atoms with E-state index in [4.69, 9.17) is 11.7 Å². The lowest BCUT2D eigenvalue weighted by atomic mass is 9.83. The van der Waals surface area contributed by atoms with Crippen LogP contribution in [0.3, 0.4) is 0 Å². The number of benzene rings is 1. The van der Waals surface area contributed by atoms with Crippen molar-refractivity contribution in [1.82, 2.24) is 9.99 Å². The summed E-state index contributed by atoms with van der Waals surface area (Å²) in [6.07, 6.45) is 2.92. The van der Waals surface area contributed by atoms with Gasteiger partial charge in [-0.15, -0.1) is 0 Å². The number of hydrogen-bond donors (Lipinski definition) is 3. The average molecular weight is 491 g/mol. The Morgan fingerprint density at radius 3 is 2.43 bits per heavy atom. The van der Waals surface area contributed by atoms with E-state index in [2.05, 4.69) is 28.5 Å². The zero-order chi connectivity index (χ0) is 26.2. The van der Waals surface area contributed by atoms with Gasteiger partial charge in [0.25, 0.3) is 0 Å². The van der Waals surface area contributed by atoms with E-state index in [1.807, 2.05) is 0 Å². The molecule has 0 saturated heterocycles. The molecule has 2 aromatic rings. The van der Waals surface area contributed by atoms with Gasteiger partial charge in [-0.05, 0) is 37.3 Å². The van der Waals surface area contributed by atoms with Gasteiger partial charge in [-0.3, -0.25) is 9.99 Å². The van der Waals surface area contributed by atoms with E-state index in [1.54, 1.807) is 6.07 Å². The summed E-state index contributed by atoms with van der Waals surface area (Å²) in [5.41, 5.74) is -5.05. The number of nitrogens with zero attached hydrogens (tertiary/aromatic N) is 3.